The molecule has 0 unspecified atom stereocenters. The van der Waals surface area contributed by atoms with Gasteiger partial charge in [0.2, 0.25) is 10.0 Å². The lowest BCUT2D eigenvalue weighted by molar-refractivity contribution is 0.0647. The Bertz CT molecular complexity index is 630. The summed E-state index contributed by atoms with van der Waals surface area (Å²) < 4.78 is 31.0. The summed E-state index contributed by atoms with van der Waals surface area (Å²) in [4.78, 5) is 4.89. The van der Waals surface area contributed by atoms with Crippen LogP contribution in [0.3, 0.4) is 0 Å². The Morgan fingerprint density at radius 2 is 1.80 bits per heavy atom. The smallest absolute Gasteiger partial charge is 0.211 e. The number of hydrogen-bond acceptors (Lipinski definition) is 5. The lowest BCUT2D eigenvalue weighted by Crippen LogP contribution is -2.56. The van der Waals surface area contributed by atoms with Gasteiger partial charge in [-0.3, -0.25) is 9.80 Å². The second-order valence-corrected chi connectivity index (χ2v) is 8.94. The van der Waals surface area contributed by atoms with Gasteiger partial charge in [0.1, 0.15) is 12.4 Å². The van der Waals surface area contributed by atoms with Gasteiger partial charge < -0.3 is 4.74 Å². The van der Waals surface area contributed by atoms with Crippen LogP contribution in [0.15, 0.2) is 30.3 Å². The molecule has 2 fully saturated rings. The van der Waals surface area contributed by atoms with Crippen molar-refractivity contribution in [3.63, 3.8) is 0 Å². The second kappa shape index (κ2) is 8.49. The molecule has 0 aliphatic carbocycles. The second-order valence-electron chi connectivity index (χ2n) is 6.96. The molecule has 0 bridgehead atoms. The van der Waals surface area contributed by atoms with Gasteiger partial charge in [0.15, 0.2) is 0 Å². The first kappa shape index (κ1) is 18.6. The predicted octanol–water partition coefficient (Wildman–Crippen LogP) is 1.11. The van der Waals surface area contributed by atoms with Crippen LogP contribution in [0.4, 0.5) is 0 Å². The summed E-state index contributed by atoms with van der Waals surface area (Å²) in [5.41, 5.74) is 0. The van der Waals surface area contributed by atoms with E-state index in [1.807, 2.05) is 30.3 Å². The fourth-order valence-corrected chi connectivity index (χ4v) is 4.59. The van der Waals surface area contributed by atoms with Gasteiger partial charge in [0.05, 0.1) is 6.26 Å². The molecule has 140 valence electrons. The van der Waals surface area contributed by atoms with Gasteiger partial charge in [0, 0.05) is 51.9 Å². The summed E-state index contributed by atoms with van der Waals surface area (Å²) in [7, 11) is -3.07. The van der Waals surface area contributed by atoms with E-state index in [2.05, 4.69) is 9.80 Å². The van der Waals surface area contributed by atoms with Crippen molar-refractivity contribution in [2.24, 2.45) is 0 Å². The Kier molecular flexibility index (Phi) is 6.33. The van der Waals surface area contributed by atoms with Gasteiger partial charge in [-0.15, -0.1) is 0 Å². The van der Waals surface area contributed by atoms with Gasteiger partial charge in [-0.25, -0.2) is 12.7 Å². The molecule has 2 heterocycles. The van der Waals surface area contributed by atoms with Crippen molar-refractivity contribution in [3.05, 3.63) is 30.3 Å². The summed E-state index contributed by atoms with van der Waals surface area (Å²) in [6.07, 6.45) is 3.38. The highest BCUT2D eigenvalue weighted by Gasteiger charge is 2.31. The lowest BCUT2D eigenvalue weighted by atomic mass is 10.1. The van der Waals surface area contributed by atoms with Gasteiger partial charge in [-0.05, 0) is 25.0 Å². The fraction of sp³-hybridized carbons (Fsp3) is 0.667. The molecule has 6 nitrogen and oxygen atoms in total. The highest BCUT2D eigenvalue weighted by molar-refractivity contribution is 7.88. The molecule has 1 aromatic carbocycles. The number of piperidine rings is 1. The summed E-state index contributed by atoms with van der Waals surface area (Å²) in [5.74, 6) is 0.921. The normalized spacial score (nSPS) is 24.3. The zero-order valence-corrected chi connectivity index (χ0v) is 15.8. The van der Waals surface area contributed by atoms with E-state index in [0.29, 0.717) is 25.7 Å². The molecule has 25 heavy (non-hydrogen) atoms. The summed E-state index contributed by atoms with van der Waals surface area (Å²) >= 11 is 0. The molecule has 0 amide bonds. The molecule has 0 spiro atoms. The molecule has 2 aliphatic heterocycles. The molecule has 0 radical (unpaired) electrons. The molecule has 0 aromatic heterocycles. The third-order valence-corrected chi connectivity index (χ3v) is 6.44. The van der Waals surface area contributed by atoms with Crippen LogP contribution < -0.4 is 4.74 Å². The number of ether oxygens (including phenoxy) is 1. The van der Waals surface area contributed by atoms with E-state index in [-0.39, 0.29) is 0 Å². The fourth-order valence-electron chi connectivity index (χ4n) is 3.68. The number of sulfonamides is 1. The van der Waals surface area contributed by atoms with Crippen LogP contribution in [0.1, 0.15) is 12.8 Å². The molecule has 1 aromatic rings. The van der Waals surface area contributed by atoms with Crippen LogP contribution in [0.5, 0.6) is 5.75 Å². The molecule has 7 heteroatoms. The molecule has 3 rings (SSSR count). The molecule has 0 saturated carbocycles. The van der Waals surface area contributed by atoms with Crippen LogP contribution in [-0.2, 0) is 10.0 Å². The predicted molar refractivity (Wildman–Crippen MR) is 99.4 cm³/mol. The number of benzene rings is 1. The quantitative estimate of drug-likeness (QED) is 0.754. The van der Waals surface area contributed by atoms with Crippen molar-refractivity contribution in [1.29, 1.82) is 0 Å². The Morgan fingerprint density at radius 3 is 2.48 bits per heavy atom. The molecular formula is C18H29N3O3S. The maximum atomic E-state index is 11.8. The first-order chi connectivity index (χ1) is 12.0. The minimum Gasteiger partial charge on any atom is -0.492 e. The van der Waals surface area contributed by atoms with Crippen molar-refractivity contribution in [2.75, 3.05) is 58.7 Å². The van der Waals surface area contributed by atoms with Crippen molar-refractivity contribution in [2.45, 2.75) is 18.9 Å². The van der Waals surface area contributed by atoms with Crippen LogP contribution >= 0.6 is 0 Å². The number of para-hydroxylation sites is 1. The zero-order chi connectivity index (χ0) is 17.7. The van der Waals surface area contributed by atoms with Gasteiger partial charge in [-0.2, -0.15) is 0 Å². The van der Waals surface area contributed by atoms with Gasteiger partial charge >= 0.3 is 0 Å². The Morgan fingerprint density at radius 1 is 1.08 bits per heavy atom. The molecule has 1 atom stereocenters. The zero-order valence-electron chi connectivity index (χ0n) is 15.0. The maximum absolute atomic E-state index is 11.8. The van der Waals surface area contributed by atoms with Gasteiger partial charge in [-0.1, -0.05) is 18.2 Å². The van der Waals surface area contributed by atoms with Crippen LogP contribution in [0.2, 0.25) is 0 Å². The maximum Gasteiger partial charge on any atom is 0.211 e. The number of hydrogen-bond donors (Lipinski definition) is 0. The van der Waals surface area contributed by atoms with E-state index in [1.165, 1.54) is 6.26 Å². The summed E-state index contributed by atoms with van der Waals surface area (Å²) in [6, 6.07) is 10.3. The van der Waals surface area contributed by atoms with Crippen molar-refractivity contribution in [3.8, 4) is 5.75 Å². The van der Waals surface area contributed by atoms with Crippen LogP contribution in [-0.4, -0.2) is 87.2 Å². The Balaban J connectivity index is 1.39. The third-order valence-electron chi connectivity index (χ3n) is 5.17. The van der Waals surface area contributed by atoms with Gasteiger partial charge in [0.25, 0.3) is 0 Å². The minimum atomic E-state index is -3.07. The molecule has 2 saturated heterocycles. The van der Waals surface area contributed by atoms with Crippen molar-refractivity contribution in [1.82, 2.24) is 14.1 Å². The topological polar surface area (TPSA) is 53.1 Å². The third kappa shape index (κ3) is 5.41. The van der Waals surface area contributed by atoms with Crippen LogP contribution in [0, 0.1) is 0 Å². The van der Waals surface area contributed by atoms with Crippen LogP contribution in [0.25, 0.3) is 0 Å². The van der Waals surface area contributed by atoms with E-state index in [4.69, 9.17) is 4.74 Å². The monoisotopic (exact) mass is 367 g/mol. The van der Waals surface area contributed by atoms with Crippen molar-refractivity contribution < 1.29 is 13.2 Å². The summed E-state index contributed by atoms with van der Waals surface area (Å²) in [6.45, 7) is 7.02. The largest absolute Gasteiger partial charge is 0.492 e. The Hall–Kier alpha value is -1.15. The van der Waals surface area contributed by atoms with E-state index in [1.54, 1.807) is 4.31 Å². The molecule has 2 aliphatic rings. The number of piperazine rings is 1. The molecule has 0 N–H and O–H groups in total. The lowest BCUT2D eigenvalue weighted by Gasteiger charge is -2.42. The first-order valence-corrected chi connectivity index (χ1v) is 11.0. The van der Waals surface area contributed by atoms with Crippen molar-refractivity contribution >= 4 is 10.0 Å². The highest BCUT2D eigenvalue weighted by Crippen LogP contribution is 2.19. The number of nitrogens with zero attached hydrogens (tertiary/aromatic N) is 3. The first-order valence-electron chi connectivity index (χ1n) is 9.12. The van der Waals surface area contributed by atoms with E-state index >= 15 is 0 Å². The van der Waals surface area contributed by atoms with E-state index < -0.39 is 10.0 Å². The average Bonchev–Trinajstić information content (AvgIpc) is 2.63. The molecular weight excluding hydrogens is 338 g/mol. The number of rotatable bonds is 6. The SMILES string of the molecule is CS(=O)(=O)N1CCC[C@H](N2CCN(CCOc3ccccc3)CC2)C1. The van der Waals surface area contributed by atoms with E-state index in [9.17, 15) is 8.42 Å². The summed E-state index contributed by atoms with van der Waals surface area (Å²) in [5, 5.41) is 0. The minimum absolute atomic E-state index is 0.367. The van der Waals surface area contributed by atoms with E-state index in [0.717, 1.165) is 51.3 Å². The Labute approximate surface area is 151 Å². The standard InChI is InChI=1S/C18H29N3O3S/c1-25(22,23)21-9-5-6-17(16-21)20-12-10-19(11-13-20)14-15-24-18-7-3-2-4-8-18/h2-4,7-8,17H,5-6,9-16H2,1H3/t17-/m0/s1. The highest BCUT2D eigenvalue weighted by atomic mass is 32.2. The average molecular weight is 368 g/mol.